The summed E-state index contributed by atoms with van der Waals surface area (Å²) in [5.41, 5.74) is 0. The zero-order valence-electron chi connectivity index (χ0n) is 7.28. The third-order valence-electron chi connectivity index (χ3n) is 0.961. The Morgan fingerprint density at radius 2 is 1.91 bits per heavy atom. The Morgan fingerprint density at radius 1 is 1.27 bits per heavy atom. The van der Waals surface area contributed by atoms with Gasteiger partial charge in [0.05, 0.1) is 0 Å². The Kier molecular flexibility index (Phi) is 4.99. The lowest BCUT2D eigenvalue weighted by Gasteiger charge is -2.03. The van der Waals surface area contributed by atoms with Crippen molar-refractivity contribution in [1.29, 1.82) is 0 Å². The highest BCUT2D eigenvalue weighted by atomic mass is 16.3. The van der Waals surface area contributed by atoms with E-state index in [1.54, 1.807) is 23.3 Å². The van der Waals surface area contributed by atoms with Crippen LogP contribution in [-0.4, -0.2) is 24.1 Å². The monoisotopic (exact) mass is 153 g/mol. The van der Waals surface area contributed by atoms with Crippen LogP contribution in [0.3, 0.4) is 0 Å². The first-order valence-electron chi connectivity index (χ1n) is 3.53. The first-order chi connectivity index (χ1) is 5.16. The molecule has 0 aliphatic carbocycles. The van der Waals surface area contributed by atoms with Crippen molar-refractivity contribution in [3.63, 3.8) is 0 Å². The van der Waals surface area contributed by atoms with Crippen LogP contribution in [0.2, 0.25) is 0 Å². The highest BCUT2D eigenvalue weighted by Gasteiger charge is 1.83. The van der Waals surface area contributed by atoms with Crippen LogP contribution in [0.1, 0.15) is 6.92 Å². The molecule has 0 bridgehead atoms. The number of nitrogens with zero attached hydrogens (tertiary/aromatic N) is 1. The molecule has 0 aromatic carbocycles. The van der Waals surface area contributed by atoms with Crippen LogP contribution in [0, 0.1) is 0 Å². The van der Waals surface area contributed by atoms with E-state index in [0.717, 1.165) is 0 Å². The van der Waals surface area contributed by atoms with Crippen molar-refractivity contribution < 1.29 is 5.11 Å². The number of hydrogen-bond acceptors (Lipinski definition) is 2. The maximum absolute atomic E-state index is 9.14. The molecule has 0 radical (unpaired) electrons. The van der Waals surface area contributed by atoms with Crippen LogP contribution in [0.4, 0.5) is 0 Å². The molecule has 2 nitrogen and oxygen atoms in total. The van der Waals surface area contributed by atoms with E-state index in [1.165, 1.54) is 0 Å². The number of allylic oxidation sites excluding steroid dienone is 4. The van der Waals surface area contributed by atoms with Crippen LogP contribution >= 0.6 is 0 Å². The molecule has 0 aromatic heterocycles. The van der Waals surface area contributed by atoms with Gasteiger partial charge >= 0.3 is 0 Å². The quantitative estimate of drug-likeness (QED) is 0.495. The van der Waals surface area contributed by atoms with Gasteiger partial charge in [-0.3, -0.25) is 0 Å². The van der Waals surface area contributed by atoms with Crippen molar-refractivity contribution in [3.8, 4) is 0 Å². The van der Waals surface area contributed by atoms with Gasteiger partial charge in [0.1, 0.15) is 5.76 Å². The molecule has 1 N–H and O–H groups in total. The lowest BCUT2D eigenvalue weighted by molar-refractivity contribution is 0.408. The molecule has 0 amide bonds. The summed E-state index contributed by atoms with van der Waals surface area (Å²) in [6.45, 7) is 1.93. The minimum atomic E-state index is 0.258. The van der Waals surface area contributed by atoms with Gasteiger partial charge in [-0.15, -0.1) is 0 Å². The number of hydrogen-bond donors (Lipinski definition) is 1. The number of aliphatic hydroxyl groups excluding tert-OH is 1. The molecule has 0 aliphatic heterocycles. The number of rotatable bonds is 3. The number of aliphatic hydroxyl groups is 1. The fourth-order valence-electron chi connectivity index (χ4n) is 0.573. The highest BCUT2D eigenvalue weighted by molar-refractivity contribution is 5.15. The Morgan fingerprint density at radius 3 is 2.36 bits per heavy atom. The van der Waals surface area contributed by atoms with Gasteiger partial charge in [0.2, 0.25) is 0 Å². The smallest absolute Gasteiger partial charge is 0.131 e. The molecule has 0 fully saturated rings. The standard InChI is InChI=1S/C9H15NO/c1-4-5-6-7-9(11)8-10(2)3/h4-8,11H,1-3H3/b5-4-,7-6-,9-8-. The average Bonchev–Trinajstić information content (AvgIpc) is 1.86. The summed E-state index contributed by atoms with van der Waals surface area (Å²) in [4.78, 5) is 1.79. The maximum atomic E-state index is 9.14. The zero-order valence-corrected chi connectivity index (χ0v) is 7.28. The summed E-state index contributed by atoms with van der Waals surface area (Å²) >= 11 is 0. The molecular weight excluding hydrogens is 138 g/mol. The minimum absolute atomic E-state index is 0.258. The Hall–Kier alpha value is -1.18. The van der Waals surface area contributed by atoms with Crippen LogP contribution in [0.15, 0.2) is 36.3 Å². The summed E-state index contributed by atoms with van der Waals surface area (Å²) in [5, 5.41) is 9.14. The predicted molar refractivity (Wildman–Crippen MR) is 48.4 cm³/mol. The normalized spacial score (nSPS) is 13.2. The molecule has 0 unspecified atom stereocenters. The molecule has 0 saturated carbocycles. The minimum Gasteiger partial charge on any atom is -0.506 e. The third kappa shape index (κ3) is 6.71. The predicted octanol–water partition coefficient (Wildman–Crippen LogP) is 2.08. The van der Waals surface area contributed by atoms with E-state index in [0.29, 0.717) is 0 Å². The molecule has 0 aliphatic rings. The van der Waals surface area contributed by atoms with Crippen molar-refractivity contribution in [1.82, 2.24) is 4.90 Å². The maximum Gasteiger partial charge on any atom is 0.131 e. The zero-order chi connectivity index (χ0) is 8.69. The fourth-order valence-corrected chi connectivity index (χ4v) is 0.573. The van der Waals surface area contributed by atoms with Gasteiger partial charge in [0.25, 0.3) is 0 Å². The average molecular weight is 153 g/mol. The van der Waals surface area contributed by atoms with Gasteiger partial charge in [-0.05, 0) is 13.0 Å². The van der Waals surface area contributed by atoms with E-state index in [1.807, 2.05) is 33.2 Å². The van der Waals surface area contributed by atoms with Gasteiger partial charge in [0, 0.05) is 20.3 Å². The SMILES string of the molecule is C\C=C/C=C\C(O)=C\N(C)C. The molecule has 0 rings (SSSR count). The van der Waals surface area contributed by atoms with E-state index in [-0.39, 0.29) is 5.76 Å². The van der Waals surface area contributed by atoms with E-state index in [9.17, 15) is 0 Å². The first kappa shape index (κ1) is 9.82. The largest absolute Gasteiger partial charge is 0.506 e. The molecule has 0 saturated heterocycles. The lowest BCUT2D eigenvalue weighted by atomic mass is 10.4. The molecule has 0 heterocycles. The Bertz CT molecular complexity index is 178. The highest BCUT2D eigenvalue weighted by Crippen LogP contribution is 1.92. The van der Waals surface area contributed by atoms with E-state index < -0.39 is 0 Å². The molecule has 11 heavy (non-hydrogen) atoms. The second kappa shape index (κ2) is 5.59. The first-order valence-corrected chi connectivity index (χ1v) is 3.53. The van der Waals surface area contributed by atoms with Gasteiger partial charge in [-0.2, -0.15) is 0 Å². The Labute approximate surface area is 68.1 Å². The van der Waals surface area contributed by atoms with Crippen molar-refractivity contribution in [2.75, 3.05) is 14.1 Å². The van der Waals surface area contributed by atoms with Crippen molar-refractivity contribution in [2.24, 2.45) is 0 Å². The van der Waals surface area contributed by atoms with Crippen molar-refractivity contribution in [2.45, 2.75) is 6.92 Å². The summed E-state index contributed by atoms with van der Waals surface area (Å²) < 4.78 is 0. The molecule has 0 aromatic rings. The van der Waals surface area contributed by atoms with Crippen LogP contribution < -0.4 is 0 Å². The van der Waals surface area contributed by atoms with Gasteiger partial charge in [0.15, 0.2) is 0 Å². The summed E-state index contributed by atoms with van der Waals surface area (Å²) in [5.74, 6) is 0.258. The fraction of sp³-hybridized carbons (Fsp3) is 0.333. The second-order valence-electron chi connectivity index (χ2n) is 2.40. The van der Waals surface area contributed by atoms with Crippen LogP contribution in [0.5, 0.6) is 0 Å². The van der Waals surface area contributed by atoms with Crippen molar-refractivity contribution in [3.05, 3.63) is 36.3 Å². The lowest BCUT2D eigenvalue weighted by Crippen LogP contribution is -2.01. The second-order valence-corrected chi connectivity index (χ2v) is 2.40. The van der Waals surface area contributed by atoms with Gasteiger partial charge in [-0.25, -0.2) is 0 Å². The molecule has 0 spiro atoms. The Balaban J connectivity index is 3.94. The molecule has 62 valence electrons. The van der Waals surface area contributed by atoms with E-state index >= 15 is 0 Å². The van der Waals surface area contributed by atoms with Crippen LogP contribution in [0.25, 0.3) is 0 Å². The van der Waals surface area contributed by atoms with E-state index in [2.05, 4.69) is 0 Å². The summed E-state index contributed by atoms with van der Waals surface area (Å²) in [6.07, 6.45) is 8.83. The third-order valence-corrected chi connectivity index (χ3v) is 0.961. The summed E-state index contributed by atoms with van der Waals surface area (Å²) in [7, 11) is 3.72. The van der Waals surface area contributed by atoms with Crippen LogP contribution in [-0.2, 0) is 0 Å². The van der Waals surface area contributed by atoms with Gasteiger partial charge < -0.3 is 10.0 Å². The molecule has 2 heteroatoms. The molecular formula is C9H15NO. The molecule has 0 atom stereocenters. The topological polar surface area (TPSA) is 23.5 Å². The van der Waals surface area contributed by atoms with Gasteiger partial charge in [-0.1, -0.05) is 18.2 Å². The van der Waals surface area contributed by atoms with E-state index in [4.69, 9.17) is 5.11 Å². The summed E-state index contributed by atoms with van der Waals surface area (Å²) in [6, 6.07) is 0. The van der Waals surface area contributed by atoms with Crippen molar-refractivity contribution >= 4 is 0 Å².